The van der Waals surface area contributed by atoms with Crippen molar-refractivity contribution in [3.05, 3.63) is 72.2 Å². The number of carbonyl (C=O) groups excluding carboxylic acids is 1. The summed E-state index contributed by atoms with van der Waals surface area (Å²) >= 11 is 0. The van der Waals surface area contributed by atoms with E-state index < -0.39 is 10.0 Å². The predicted octanol–water partition coefficient (Wildman–Crippen LogP) is 4.32. The Morgan fingerprint density at radius 2 is 1.94 bits per heavy atom. The van der Waals surface area contributed by atoms with Crippen LogP contribution < -0.4 is 14.4 Å². The van der Waals surface area contributed by atoms with Crippen LogP contribution in [-0.4, -0.2) is 27.5 Å². The topological polar surface area (TPSA) is 88.9 Å². The molecule has 0 fully saturated rings. The third-order valence-corrected chi connectivity index (χ3v) is 6.32. The second kappa shape index (κ2) is 8.47. The normalized spacial score (nSPS) is 13.3. The van der Waals surface area contributed by atoms with Gasteiger partial charge in [-0.25, -0.2) is 8.42 Å². The molecule has 1 amide bonds. The smallest absolute Gasteiger partial charge is 0.293 e. The molecule has 8 heteroatoms. The van der Waals surface area contributed by atoms with Crippen LogP contribution in [0, 0.1) is 5.92 Å². The molecular formula is C23H24N2O5S. The fraction of sp³-hybridized carbons (Fsp3) is 0.261. The highest BCUT2D eigenvalue weighted by Gasteiger charge is 2.28. The van der Waals surface area contributed by atoms with Gasteiger partial charge < -0.3 is 14.1 Å². The summed E-state index contributed by atoms with van der Waals surface area (Å²) < 4.78 is 39.1. The lowest BCUT2D eigenvalue weighted by atomic mass is 10.1. The number of hydrogen-bond donors (Lipinski definition) is 1. The van der Waals surface area contributed by atoms with Crippen molar-refractivity contribution in [2.24, 2.45) is 5.92 Å². The lowest BCUT2D eigenvalue weighted by molar-refractivity contribution is 0.0963. The minimum absolute atomic E-state index is 0.133. The summed E-state index contributed by atoms with van der Waals surface area (Å²) in [5.74, 6) is 1.00. The van der Waals surface area contributed by atoms with E-state index in [4.69, 9.17) is 9.15 Å². The highest BCUT2D eigenvalue weighted by molar-refractivity contribution is 7.92. The number of anilines is 2. The molecule has 1 aliphatic heterocycles. The van der Waals surface area contributed by atoms with Crippen LogP contribution in [0.1, 0.15) is 30.0 Å². The Labute approximate surface area is 181 Å². The van der Waals surface area contributed by atoms with E-state index >= 15 is 0 Å². The molecule has 4 rings (SSSR count). The van der Waals surface area contributed by atoms with Crippen LogP contribution in [0.5, 0.6) is 5.75 Å². The van der Waals surface area contributed by atoms with Gasteiger partial charge in [0.1, 0.15) is 5.75 Å². The molecule has 2 heterocycles. The first-order chi connectivity index (χ1) is 14.8. The minimum Gasteiger partial charge on any atom is -0.493 e. The lowest BCUT2D eigenvalue weighted by Crippen LogP contribution is -2.28. The molecule has 0 saturated heterocycles. The molecule has 0 spiro atoms. The van der Waals surface area contributed by atoms with Crippen LogP contribution >= 0.6 is 0 Å². The van der Waals surface area contributed by atoms with Crippen LogP contribution in [0.15, 0.2) is 70.2 Å². The molecular weight excluding hydrogens is 416 g/mol. The van der Waals surface area contributed by atoms with Crippen molar-refractivity contribution >= 4 is 27.3 Å². The average molecular weight is 441 g/mol. The number of ether oxygens (including phenoxy) is 1. The number of nitrogens with one attached hydrogen (secondary N) is 1. The Morgan fingerprint density at radius 1 is 1.16 bits per heavy atom. The highest BCUT2D eigenvalue weighted by atomic mass is 32.2. The third kappa shape index (κ3) is 4.59. The van der Waals surface area contributed by atoms with Crippen molar-refractivity contribution in [1.82, 2.24) is 0 Å². The third-order valence-electron chi connectivity index (χ3n) is 4.93. The highest BCUT2D eigenvalue weighted by Crippen LogP contribution is 2.33. The number of amides is 1. The Hall–Kier alpha value is -3.26. The number of furan rings is 1. The molecule has 1 N–H and O–H groups in total. The van der Waals surface area contributed by atoms with E-state index in [9.17, 15) is 13.2 Å². The van der Waals surface area contributed by atoms with E-state index in [1.165, 1.54) is 18.4 Å². The number of carbonyl (C=O) groups is 1. The van der Waals surface area contributed by atoms with Gasteiger partial charge in [0.15, 0.2) is 5.76 Å². The van der Waals surface area contributed by atoms with Crippen molar-refractivity contribution in [3.8, 4) is 5.75 Å². The molecule has 1 aromatic heterocycles. The lowest BCUT2D eigenvalue weighted by Gasteiger charge is -2.17. The number of rotatable bonds is 7. The quantitative estimate of drug-likeness (QED) is 0.591. The largest absolute Gasteiger partial charge is 0.493 e. The van der Waals surface area contributed by atoms with Gasteiger partial charge in [-0.15, -0.1) is 0 Å². The first-order valence-corrected chi connectivity index (χ1v) is 11.6. The van der Waals surface area contributed by atoms with Crippen LogP contribution in [0.2, 0.25) is 0 Å². The number of benzene rings is 2. The average Bonchev–Trinajstić information content (AvgIpc) is 3.42. The number of nitrogens with zero attached hydrogens (tertiary/aromatic N) is 1. The van der Waals surface area contributed by atoms with E-state index in [-0.39, 0.29) is 16.6 Å². The molecule has 1 aliphatic rings. The molecule has 2 aromatic carbocycles. The summed E-state index contributed by atoms with van der Waals surface area (Å²) in [6.45, 7) is 5.17. The van der Waals surface area contributed by atoms with Crippen molar-refractivity contribution in [2.75, 3.05) is 22.8 Å². The van der Waals surface area contributed by atoms with Gasteiger partial charge in [-0.3, -0.25) is 9.52 Å². The number of sulfonamides is 1. The summed E-state index contributed by atoms with van der Waals surface area (Å²) in [4.78, 5) is 14.4. The maximum absolute atomic E-state index is 12.8. The van der Waals surface area contributed by atoms with E-state index in [0.29, 0.717) is 42.6 Å². The van der Waals surface area contributed by atoms with Gasteiger partial charge in [0.2, 0.25) is 0 Å². The minimum atomic E-state index is -3.79. The van der Waals surface area contributed by atoms with Crippen LogP contribution in [0.3, 0.4) is 0 Å². The van der Waals surface area contributed by atoms with Gasteiger partial charge in [-0.1, -0.05) is 19.9 Å². The second-order valence-electron chi connectivity index (χ2n) is 7.81. The molecule has 7 nitrogen and oxygen atoms in total. The van der Waals surface area contributed by atoms with Crippen LogP contribution in [-0.2, 0) is 16.4 Å². The Morgan fingerprint density at radius 3 is 2.61 bits per heavy atom. The van der Waals surface area contributed by atoms with E-state index in [2.05, 4.69) is 4.72 Å². The van der Waals surface area contributed by atoms with Gasteiger partial charge >= 0.3 is 0 Å². The van der Waals surface area contributed by atoms with E-state index in [0.717, 1.165) is 5.56 Å². The van der Waals surface area contributed by atoms with Gasteiger partial charge in [0, 0.05) is 12.2 Å². The SMILES string of the molecule is CC(C)COc1ccc(S(=O)(=O)Nc2ccc3c(c2)N(C(=O)c2ccco2)CC3)cc1. The summed E-state index contributed by atoms with van der Waals surface area (Å²) in [7, 11) is -3.79. The van der Waals surface area contributed by atoms with Crippen LogP contribution in [0.4, 0.5) is 11.4 Å². The van der Waals surface area contributed by atoms with Crippen molar-refractivity contribution in [2.45, 2.75) is 25.2 Å². The number of hydrogen-bond acceptors (Lipinski definition) is 5. The first-order valence-electron chi connectivity index (χ1n) is 10.1. The van der Waals surface area contributed by atoms with Crippen LogP contribution in [0.25, 0.3) is 0 Å². The Kier molecular flexibility index (Phi) is 5.73. The molecule has 162 valence electrons. The van der Waals surface area contributed by atoms with Crippen molar-refractivity contribution in [3.63, 3.8) is 0 Å². The summed E-state index contributed by atoms with van der Waals surface area (Å²) in [6.07, 6.45) is 2.15. The molecule has 0 bridgehead atoms. The van der Waals surface area contributed by atoms with Gasteiger partial charge in [-0.2, -0.15) is 0 Å². The van der Waals surface area contributed by atoms with Crippen molar-refractivity contribution < 1.29 is 22.4 Å². The maximum Gasteiger partial charge on any atom is 0.293 e. The first kappa shape index (κ1) is 21.0. The Balaban J connectivity index is 1.52. The van der Waals surface area contributed by atoms with E-state index in [1.807, 2.05) is 19.9 Å². The molecule has 0 aliphatic carbocycles. The monoisotopic (exact) mass is 440 g/mol. The number of fused-ring (bicyclic) bond motifs is 1. The summed E-state index contributed by atoms with van der Waals surface area (Å²) in [6, 6.07) is 14.8. The van der Waals surface area contributed by atoms with Gasteiger partial charge in [0.25, 0.3) is 15.9 Å². The molecule has 31 heavy (non-hydrogen) atoms. The molecule has 0 unspecified atom stereocenters. The zero-order valence-corrected chi connectivity index (χ0v) is 18.2. The molecule has 3 aromatic rings. The summed E-state index contributed by atoms with van der Waals surface area (Å²) in [5, 5.41) is 0. The summed E-state index contributed by atoms with van der Waals surface area (Å²) in [5.41, 5.74) is 2.05. The fourth-order valence-corrected chi connectivity index (χ4v) is 4.43. The zero-order valence-electron chi connectivity index (χ0n) is 17.4. The predicted molar refractivity (Wildman–Crippen MR) is 118 cm³/mol. The molecule has 0 radical (unpaired) electrons. The standard InChI is InChI=1S/C23H24N2O5S/c1-16(2)15-30-19-7-9-20(10-8-19)31(27,28)24-18-6-5-17-11-12-25(21(17)14-18)23(26)22-4-3-13-29-22/h3-10,13-14,16,24H,11-12,15H2,1-2H3. The fourth-order valence-electron chi connectivity index (χ4n) is 3.38. The zero-order chi connectivity index (χ0) is 22.0. The van der Waals surface area contributed by atoms with Crippen molar-refractivity contribution in [1.29, 1.82) is 0 Å². The molecule has 0 saturated carbocycles. The van der Waals surface area contributed by atoms with Gasteiger partial charge in [0.05, 0.1) is 23.5 Å². The molecule has 0 atom stereocenters. The van der Waals surface area contributed by atoms with Gasteiger partial charge in [-0.05, 0) is 66.4 Å². The second-order valence-corrected chi connectivity index (χ2v) is 9.49. The maximum atomic E-state index is 12.8. The van der Waals surface area contributed by atoms with E-state index in [1.54, 1.807) is 41.3 Å². The Bertz CT molecular complexity index is 1170.